The van der Waals surface area contributed by atoms with Crippen molar-refractivity contribution in [3.8, 4) is 0 Å². The monoisotopic (exact) mass is 323 g/mol. The molecule has 1 aromatic heterocycles. The first kappa shape index (κ1) is 15.4. The maximum atomic E-state index is 4.48. The summed E-state index contributed by atoms with van der Waals surface area (Å²) in [6.07, 6.45) is 2.31. The Balaban J connectivity index is 1.35. The van der Waals surface area contributed by atoms with Gasteiger partial charge in [0.05, 0.1) is 6.17 Å². The lowest BCUT2D eigenvalue weighted by molar-refractivity contribution is 0.148. The molecule has 1 unspecified atom stereocenters. The number of piperazine rings is 2. The van der Waals surface area contributed by atoms with E-state index in [4.69, 9.17) is 0 Å². The molecule has 0 bridgehead atoms. The summed E-state index contributed by atoms with van der Waals surface area (Å²) in [5.74, 6) is 1.10. The topological polar surface area (TPSA) is 34.6 Å². The van der Waals surface area contributed by atoms with Gasteiger partial charge in [0.1, 0.15) is 5.82 Å². The zero-order chi connectivity index (χ0) is 16.2. The predicted octanol–water partition coefficient (Wildman–Crippen LogP) is 1.64. The molecule has 0 radical (unpaired) electrons. The van der Waals surface area contributed by atoms with E-state index in [2.05, 4.69) is 67.5 Å². The fourth-order valence-electron chi connectivity index (χ4n) is 3.65. The molecular formula is C19H25N5. The van der Waals surface area contributed by atoms with E-state index in [9.17, 15) is 0 Å². The van der Waals surface area contributed by atoms with Crippen molar-refractivity contribution in [1.29, 1.82) is 0 Å². The average molecular weight is 323 g/mol. The summed E-state index contributed by atoms with van der Waals surface area (Å²) in [5, 5.41) is 3.69. The van der Waals surface area contributed by atoms with Crippen LogP contribution in [-0.2, 0) is 0 Å². The van der Waals surface area contributed by atoms with Crippen LogP contribution in [0.2, 0.25) is 0 Å². The van der Waals surface area contributed by atoms with Gasteiger partial charge in [-0.25, -0.2) is 4.98 Å². The Hall–Kier alpha value is -2.11. The standard InChI is InChI=1S/C19H25N5/c1-2-6-17(7-3-1)24-11-10-21-19(16-24)23-14-12-22(13-15-23)18-8-4-5-9-20-18/h1-9,19,21H,10-16H2. The van der Waals surface area contributed by atoms with Gasteiger partial charge in [0.2, 0.25) is 0 Å². The van der Waals surface area contributed by atoms with E-state index in [0.29, 0.717) is 6.17 Å². The van der Waals surface area contributed by atoms with Gasteiger partial charge in [-0.2, -0.15) is 0 Å². The highest BCUT2D eigenvalue weighted by Crippen LogP contribution is 2.18. The van der Waals surface area contributed by atoms with E-state index < -0.39 is 0 Å². The van der Waals surface area contributed by atoms with E-state index in [1.54, 1.807) is 0 Å². The highest BCUT2D eigenvalue weighted by Gasteiger charge is 2.28. The van der Waals surface area contributed by atoms with Crippen molar-refractivity contribution in [2.24, 2.45) is 0 Å². The number of para-hydroxylation sites is 1. The molecular weight excluding hydrogens is 298 g/mol. The van der Waals surface area contributed by atoms with E-state index in [0.717, 1.165) is 51.6 Å². The fraction of sp³-hybridized carbons (Fsp3) is 0.421. The number of hydrogen-bond donors (Lipinski definition) is 1. The molecule has 0 aliphatic carbocycles. The first-order valence-corrected chi connectivity index (χ1v) is 8.83. The van der Waals surface area contributed by atoms with Gasteiger partial charge in [-0.1, -0.05) is 24.3 Å². The smallest absolute Gasteiger partial charge is 0.128 e. The molecule has 4 rings (SSSR count). The van der Waals surface area contributed by atoms with E-state index in [1.165, 1.54) is 5.69 Å². The Morgan fingerprint density at radius 1 is 0.833 bits per heavy atom. The molecule has 2 aliphatic rings. The Morgan fingerprint density at radius 3 is 2.38 bits per heavy atom. The van der Waals surface area contributed by atoms with Crippen LogP contribution in [0.5, 0.6) is 0 Å². The summed E-state index contributed by atoms with van der Waals surface area (Å²) in [5.41, 5.74) is 1.33. The van der Waals surface area contributed by atoms with Gasteiger partial charge >= 0.3 is 0 Å². The van der Waals surface area contributed by atoms with Crippen molar-refractivity contribution in [3.63, 3.8) is 0 Å². The van der Waals surface area contributed by atoms with Crippen LogP contribution >= 0.6 is 0 Å². The first-order chi connectivity index (χ1) is 11.9. The van der Waals surface area contributed by atoms with E-state index >= 15 is 0 Å². The first-order valence-electron chi connectivity index (χ1n) is 8.83. The minimum absolute atomic E-state index is 0.435. The summed E-state index contributed by atoms with van der Waals surface area (Å²) in [6, 6.07) is 16.9. The van der Waals surface area contributed by atoms with Crippen molar-refractivity contribution in [3.05, 3.63) is 54.7 Å². The van der Waals surface area contributed by atoms with Gasteiger partial charge in [0, 0.05) is 57.7 Å². The van der Waals surface area contributed by atoms with Crippen LogP contribution in [0.1, 0.15) is 0 Å². The normalized spacial score (nSPS) is 22.6. The second-order valence-corrected chi connectivity index (χ2v) is 6.46. The van der Waals surface area contributed by atoms with Crippen molar-refractivity contribution >= 4 is 11.5 Å². The summed E-state index contributed by atoms with van der Waals surface area (Å²) in [4.78, 5) is 11.9. The maximum Gasteiger partial charge on any atom is 0.128 e. The molecule has 0 spiro atoms. The van der Waals surface area contributed by atoms with Crippen molar-refractivity contribution < 1.29 is 0 Å². The van der Waals surface area contributed by atoms with Gasteiger partial charge in [-0.05, 0) is 24.3 Å². The van der Waals surface area contributed by atoms with Gasteiger partial charge in [0.25, 0.3) is 0 Å². The quantitative estimate of drug-likeness (QED) is 0.929. The van der Waals surface area contributed by atoms with Crippen molar-refractivity contribution in [2.45, 2.75) is 6.17 Å². The third-order valence-corrected chi connectivity index (χ3v) is 5.00. The second kappa shape index (κ2) is 7.20. The zero-order valence-electron chi connectivity index (χ0n) is 14.0. The van der Waals surface area contributed by atoms with Crippen LogP contribution in [0.4, 0.5) is 11.5 Å². The van der Waals surface area contributed by atoms with Crippen LogP contribution in [0, 0.1) is 0 Å². The van der Waals surface area contributed by atoms with E-state index in [1.807, 2.05) is 12.3 Å². The van der Waals surface area contributed by atoms with Crippen LogP contribution in [-0.4, -0.2) is 61.9 Å². The number of pyridine rings is 1. The molecule has 3 heterocycles. The molecule has 0 saturated carbocycles. The number of benzene rings is 1. The molecule has 5 heteroatoms. The van der Waals surface area contributed by atoms with Gasteiger partial charge < -0.3 is 9.80 Å². The van der Waals surface area contributed by atoms with Gasteiger partial charge in [0.15, 0.2) is 0 Å². The minimum atomic E-state index is 0.435. The Morgan fingerprint density at radius 2 is 1.62 bits per heavy atom. The number of aromatic nitrogens is 1. The molecule has 5 nitrogen and oxygen atoms in total. The minimum Gasteiger partial charge on any atom is -0.367 e. The molecule has 1 N–H and O–H groups in total. The molecule has 126 valence electrons. The van der Waals surface area contributed by atoms with Gasteiger partial charge in [-0.3, -0.25) is 10.2 Å². The maximum absolute atomic E-state index is 4.48. The molecule has 0 amide bonds. The third-order valence-electron chi connectivity index (χ3n) is 5.00. The number of nitrogens with zero attached hydrogens (tertiary/aromatic N) is 4. The molecule has 1 atom stereocenters. The van der Waals surface area contributed by atoms with Crippen molar-refractivity contribution in [2.75, 3.05) is 55.6 Å². The molecule has 2 saturated heterocycles. The van der Waals surface area contributed by atoms with Crippen molar-refractivity contribution in [1.82, 2.24) is 15.2 Å². The summed E-state index contributed by atoms with van der Waals surface area (Å²) in [6.45, 7) is 7.41. The van der Waals surface area contributed by atoms with Crippen LogP contribution in [0.3, 0.4) is 0 Å². The lowest BCUT2D eigenvalue weighted by atomic mass is 10.2. The van der Waals surface area contributed by atoms with Crippen LogP contribution < -0.4 is 15.1 Å². The Labute approximate surface area is 143 Å². The summed E-state index contributed by atoms with van der Waals surface area (Å²) >= 11 is 0. The number of hydrogen-bond acceptors (Lipinski definition) is 5. The average Bonchev–Trinajstić information content (AvgIpc) is 2.70. The molecule has 24 heavy (non-hydrogen) atoms. The molecule has 1 aromatic carbocycles. The third kappa shape index (κ3) is 3.37. The lowest BCUT2D eigenvalue weighted by Gasteiger charge is -2.44. The van der Waals surface area contributed by atoms with Gasteiger partial charge in [-0.15, -0.1) is 0 Å². The fourth-order valence-corrected chi connectivity index (χ4v) is 3.65. The SMILES string of the molecule is c1ccc(N2CCNC(N3CCN(c4ccccn4)CC3)C2)cc1. The molecule has 2 fully saturated rings. The van der Waals surface area contributed by atoms with Crippen LogP contribution in [0.25, 0.3) is 0 Å². The second-order valence-electron chi connectivity index (χ2n) is 6.46. The summed E-state index contributed by atoms with van der Waals surface area (Å²) < 4.78 is 0. The highest BCUT2D eigenvalue weighted by atomic mass is 15.4. The lowest BCUT2D eigenvalue weighted by Crippen LogP contribution is -2.62. The predicted molar refractivity (Wildman–Crippen MR) is 98.5 cm³/mol. The number of nitrogens with one attached hydrogen (secondary N) is 1. The van der Waals surface area contributed by atoms with Crippen LogP contribution in [0.15, 0.2) is 54.7 Å². The largest absolute Gasteiger partial charge is 0.367 e. The highest BCUT2D eigenvalue weighted by molar-refractivity contribution is 5.46. The Bertz CT molecular complexity index is 625. The Kier molecular flexibility index (Phi) is 4.62. The van der Waals surface area contributed by atoms with E-state index in [-0.39, 0.29) is 0 Å². The zero-order valence-corrected chi connectivity index (χ0v) is 14.0. The number of anilines is 2. The summed E-state index contributed by atoms with van der Waals surface area (Å²) in [7, 11) is 0. The number of rotatable bonds is 3. The molecule has 2 aliphatic heterocycles. The molecule has 2 aromatic rings.